The van der Waals surface area contributed by atoms with Gasteiger partial charge in [0.15, 0.2) is 6.61 Å². The van der Waals surface area contributed by atoms with Crippen molar-refractivity contribution in [2.45, 2.75) is 0 Å². The van der Waals surface area contributed by atoms with Gasteiger partial charge in [0.05, 0.1) is 5.52 Å². The van der Waals surface area contributed by atoms with E-state index in [0.717, 1.165) is 5.39 Å². The molecular weight excluding hydrogens is 232 g/mol. The maximum absolute atomic E-state index is 11.6. The molecule has 5 heteroatoms. The van der Waals surface area contributed by atoms with Crippen molar-refractivity contribution in [1.82, 2.24) is 10.3 Å². The highest BCUT2D eigenvalue weighted by Crippen LogP contribution is 2.12. The molecule has 0 atom stereocenters. The summed E-state index contributed by atoms with van der Waals surface area (Å²) >= 11 is 0. The quantitative estimate of drug-likeness (QED) is 0.822. The van der Waals surface area contributed by atoms with Crippen LogP contribution in [-0.4, -0.2) is 30.5 Å². The van der Waals surface area contributed by atoms with E-state index in [1.807, 2.05) is 24.3 Å². The van der Waals surface area contributed by atoms with Crippen LogP contribution in [-0.2, 0) is 9.53 Å². The molecule has 2 rings (SSSR count). The molecule has 18 heavy (non-hydrogen) atoms. The van der Waals surface area contributed by atoms with Crippen molar-refractivity contribution in [3.05, 3.63) is 42.1 Å². The number of carbonyl (C=O) groups is 2. The number of likely N-dealkylation sites (N-methyl/N-ethyl adjacent to an activating group) is 1. The number of ether oxygens (including phenoxy) is 1. The number of esters is 1. The van der Waals surface area contributed by atoms with Crippen LogP contribution in [0.3, 0.4) is 0 Å². The number of carbonyl (C=O) groups excluding carboxylic acids is 2. The van der Waals surface area contributed by atoms with E-state index >= 15 is 0 Å². The summed E-state index contributed by atoms with van der Waals surface area (Å²) in [5.41, 5.74) is 0.907. The van der Waals surface area contributed by atoms with Crippen LogP contribution in [0.4, 0.5) is 0 Å². The molecule has 1 N–H and O–H groups in total. The average molecular weight is 244 g/mol. The van der Waals surface area contributed by atoms with Crippen LogP contribution in [0.5, 0.6) is 0 Å². The fraction of sp³-hybridized carbons (Fsp3) is 0.154. The van der Waals surface area contributed by atoms with E-state index in [1.54, 1.807) is 12.1 Å². The van der Waals surface area contributed by atoms with E-state index < -0.39 is 5.97 Å². The molecule has 1 aromatic carbocycles. The van der Waals surface area contributed by atoms with Gasteiger partial charge in [0.25, 0.3) is 5.91 Å². The zero-order valence-corrected chi connectivity index (χ0v) is 9.84. The van der Waals surface area contributed by atoms with Crippen molar-refractivity contribution in [2.24, 2.45) is 0 Å². The molecule has 0 aliphatic rings. The number of para-hydroxylation sites is 1. The summed E-state index contributed by atoms with van der Waals surface area (Å²) in [6.45, 7) is -0.302. The van der Waals surface area contributed by atoms with Crippen LogP contribution in [0.1, 0.15) is 10.5 Å². The van der Waals surface area contributed by atoms with Crippen LogP contribution in [0, 0.1) is 0 Å². The maximum atomic E-state index is 11.6. The summed E-state index contributed by atoms with van der Waals surface area (Å²) in [5.74, 6) is -0.964. The molecule has 1 amide bonds. The number of hydrogen-bond donors (Lipinski definition) is 1. The third-order valence-corrected chi connectivity index (χ3v) is 2.42. The Morgan fingerprint density at radius 2 is 2.00 bits per heavy atom. The molecule has 0 fully saturated rings. The Hall–Kier alpha value is -2.43. The molecule has 1 heterocycles. The Labute approximate surface area is 104 Å². The molecule has 5 nitrogen and oxygen atoms in total. The SMILES string of the molecule is CNC(=O)COC(=O)c1ccc2ccccc2n1. The lowest BCUT2D eigenvalue weighted by molar-refractivity contribution is -0.123. The third-order valence-electron chi connectivity index (χ3n) is 2.42. The summed E-state index contributed by atoms with van der Waals surface area (Å²) in [5, 5.41) is 3.31. The molecule has 0 aliphatic heterocycles. The standard InChI is InChI=1S/C13H12N2O3/c1-14-12(16)8-18-13(17)11-7-6-9-4-2-3-5-10(9)15-11/h2-7H,8H2,1H3,(H,14,16). The lowest BCUT2D eigenvalue weighted by atomic mass is 10.2. The summed E-state index contributed by atoms with van der Waals surface area (Å²) < 4.78 is 4.82. The van der Waals surface area contributed by atoms with Gasteiger partial charge in [-0.3, -0.25) is 4.79 Å². The highest BCUT2D eigenvalue weighted by Gasteiger charge is 2.11. The number of rotatable bonds is 3. The van der Waals surface area contributed by atoms with Gasteiger partial charge < -0.3 is 10.1 Å². The molecule has 92 valence electrons. The molecular formula is C13H12N2O3. The maximum Gasteiger partial charge on any atom is 0.357 e. The Bertz CT molecular complexity index is 596. The van der Waals surface area contributed by atoms with Crippen molar-refractivity contribution < 1.29 is 14.3 Å². The van der Waals surface area contributed by atoms with E-state index in [2.05, 4.69) is 10.3 Å². The Balaban J connectivity index is 2.15. The van der Waals surface area contributed by atoms with Crippen molar-refractivity contribution in [3.8, 4) is 0 Å². The average Bonchev–Trinajstić information content (AvgIpc) is 2.43. The first-order valence-corrected chi connectivity index (χ1v) is 5.44. The second-order valence-electron chi connectivity index (χ2n) is 3.64. The van der Waals surface area contributed by atoms with E-state index in [9.17, 15) is 9.59 Å². The minimum absolute atomic E-state index is 0.192. The molecule has 0 saturated heterocycles. The number of hydrogen-bond acceptors (Lipinski definition) is 4. The van der Waals surface area contributed by atoms with Gasteiger partial charge in [0, 0.05) is 12.4 Å². The van der Waals surface area contributed by atoms with Crippen molar-refractivity contribution >= 4 is 22.8 Å². The molecule has 0 bridgehead atoms. The first kappa shape index (κ1) is 12.0. The van der Waals surface area contributed by atoms with E-state index in [1.165, 1.54) is 7.05 Å². The van der Waals surface area contributed by atoms with E-state index in [0.29, 0.717) is 5.52 Å². The van der Waals surface area contributed by atoms with Gasteiger partial charge in [0.1, 0.15) is 5.69 Å². The lowest BCUT2D eigenvalue weighted by Crippen LogP contribution is -2.25. The topological polar surface area (TPSA) is 68.3 Å². The summed E-state index contributed by atoms with van der Waals surface area (Å²) in [6.07, 6.45) is 0. The molecule has 1 aromatic heterocycles. The highest BCUT2D eigenvalue weighted by molar-refractivity contribution is 5.92. The monoisotopic (exact) mass is 244 g/mol. The Kier molecular flexibility index (Phi) is 3.52. The van der Waals surface area contributed by atoms with Crippen LogP contribution in [0.2, 0.25) is 0 Å². The summed E-state index contributed by atoms with van der Waals surface area (Å²) in [7, 11) is 1.48. The fourth-order valence-corrected chi connectivity index (χ4v) is 1.46. The minimum atomic E-state index is -0.607. The third kappa shape index (κ3) is 2.63. The van der Waals surface area contributed by atoms with Crippen LogP contribution in [0.25, 0.3) is 10.9 Å². The Morgan fingerprint density at radius 1 is 1.22 bits per heavy atom. The predicted octanol–water partition coefficient (Wildman–Crippen LogP) is 1.14. The molecule has 0 spiro atoms. The zero-order chi connectivity index (χ0) is 13.0. The molecule has 0 unspecified atom stereocenters. The van der Waals surface area contributed by atoms with Crippen LogP contribution in [0.15, 0.2) is 36.4 Å². The van der Waals surface area contributed by atoms with Crippen LogP contribution >= 0.6 is 0 Å². The number of fused-ring (bicyclic) bond motifs is 1. The minimum Gasteiger partial charge on any atom is -0.451 e. The molecule has 0 saturated carbocycles. The first-order valence-electron chi connectivity index (χ1n) is 5.44. The second kappa shape index (κ2) is 5.27. The second-order valence-corrected chi connectivity index (χ2v) is 3.64. The van der Waals surface area contributed by atoms with Crippen molar-refractivity contribution in [3.63, 3.8) is 0 Å². The first-order chi connectivity index (χ1) is 8.70. The van der Waals surface area contributed by atoms with E-state index in [4.69, 9.17) is 4.74 Å². The zero-order valence-electron chi connectivity index (χ0n) is 9.84. The van der Waals surface area contributed by atoms with Gasteiger partial charge in [-0.2, -0.15) is 0 Å². The molecule has 2 aromatic rings. The largest absolute Gasteiger partial charge is 0.451 e. The number of amides is 1. The number of pyridine rings is 1. The number of nitrogens with zero attached hydrogens (tertiary/aromatic N) is 1. The molecule has 0 radical (unpaired) electrons. The summed E-state index contributed by atoms with van der Waals surface area (Å²) in [6, 6.07) is 10.8. The van der Waals surface area contributed by atoms with Gasteiger partial charge in [-0.05, 0) is 12.1 Å². The van der Waals surface area contributed by atoms with Gasteiger partial charge in [-0.1, -0.05) is 24.3 Å². The number of nitrogens with one attached hydrogen (secondary N) is 1. The van der Waals surface area contributed by atoms with Gasteiger partial charge >= 0.3 is 5.97 Å². The van der Waals surface area contributed by atoms with E-state index in [-0.39, 0.29) is 18.2 Å². The number of benzene rings is 1. The Morgan fingerprint density at radius 3 is 2.78 bits per heavy atom. The summed E-state index contributed by atoms with van der Waals surface area (Å²) in [4.78, 5) is 26.8. The van der Waals surface area contributed by atoms with Gasteiger partial charge in [0.2, 0.25) is 0 Å². The lowest BCUT2D eigenvalue weighted by Gasteiger charge is -2.04. The molecule has 0 aliphatic carbocycles. The number of aromatic nitrogens is 1. The predicted molar refractivity (Wildman–Crippen MR) is 66.1 cm³/mol. The normalized spacial score (nSPS) is 10.1. The highest BCUT2D eigenvalue weighted by atomic mass is 16.5. The van der Waals surface area contributed by atoms with Crippen molar-refractivity contribution in [2.75, 3.05) is 13.7 Å². The van der Waals surface area contributed by atoms with Crippen molar-refractivity contribution in [1.29, 1.82) is 0 Å². The van der Waals surface area contributed by atoms with Gasteiger partial charge in [-0.15, -0.1) is 0 Å². The van der Waals surface area contributed by atoms with Crippen LogP contribution < -0.4 is 5.32 Å². The van der Waals surface area contributed by atoms with Gasteiger partial charge in [-0.25, -0.2) is 9.78 Å². The smallest absolute Gasteiger partial charge is 0.357 e. The fourth-order valence-electron chi connectivity index (χ4n) is 1.46.